The number of carbonyl (C=O) groups excluding carboxylic acids is 2. The van der Waals surface area contributed by atoms with E-state index in [0.29, 0.717) is 13.1 Å². The number of amides is 2. The SMILES string of the molecule is O=C([C@@H]1[C@@H]2C=C[C@@]3(CN(CCc4ccncc4)C(=O)[C@@H]13)O2)N1CCCCC1. The number of piperidine rings is 1. The predicted octanol–water partition coefficient (Wildman–Crippen LogP) is 1.42. The van der Waals surface area contributed by atoms with Crippen molar-refractivity contribution in [1.29, 1.82) is 0 Å². The largest absolute Gasteiger partial charge is 0.360 e. The Labute approximate surface area is 159 Å². The molecule has 3 fully saturated rings. The first-order valence-corrected chi connectivity index (χ1v) is 10.0. The van der Waals surface area contributed by atoms with Crippen molar-refractivity contribution in [2.24, 2.45) is 11.8 Å². The molecule has 6 nitrogen and oxygen atoms in total. The van der Waals surface area contributed by atoms with Crippen molar-refractivity contribution in [2.45, 2.75) is 37.4 Å². The van der Waals surface area contributed by atoms with Gasteiger partial charge in [0.1, 0.15) is 5.60 Å². The summed E-state index contributed by atoms with van der Waals surface area (Å²) in [5, 5.41) is 0. The lowest BCUT2D eigenvalue weighted by molar-refractivity contribution is -0.143. The second kappa shape index (κ2) is 6.44. The smallest absolute Gasteiger partial charge is 0.230 e. The van der Waals surface area contributed by atoms with Gasteiger partial charge >= 0.3 is 0 Å². The van der Waals surface area contributed by atoms with Crippen LogP contribution in [-0.2, 0) is 20.7 Å². The van der Waals surface area contributed by atoms with Crippen LogP contribution < -0.4 is 0 Å². The second-order valence-electron chi connectivity index (χ2n) is 8.15. The quantitative estimate of drug-likeness (QED) is 0.755. The highest BCUT2D eigenvalue weighted by molar-refractivity contribution is 5.93. The van der Waals surface area contributed by atoms with Gasteiger partial charge in [-0.05, 0) is 43.4 Å². The standard InChI is InChI=1S/C21H25N3O3/c25-19(23-11-2-1-3-12-23)17-16-4-8-21(27-16)14-24(20(26)18(17)21)13-7-15-5-9-22-10-6-15/h4-6,8-10,16-18H,1-3,7,11-14H2/t16-,17+,18+,21-/m0/s1. The van der Waals surface area contributed by atoms with Crippen LogP contribution in [0.5, 0.6) is 0 Å². The van der Waals surface area contributed by atoms with E-state index < -0.39 is 5.60 Å². The van der Waals surface area contributed by atoms with Crippen molar-refractivity contribution >= 4 is 11.8 Å². The van der Waals surface area contributed by atoms with Gasteiger partial charge in [-0.15, -0.1) is 0 Å². The molecule has 0 radical (unpaired) electrons. The Kier molecular flexibility index (Phi) is 4.04. The number of pyridine rings is 1. The summed E-state index contributed by atoms with van der Waals surface area (Å²) in [5.74, 6) is -0.530. The zero-order valence-electron chi connectivity index (χ0n) is 15.4. The van der Waals surface area contributed by atoms with Gasteiger partial charge in [0.2, 0.25) is 11.8 Å². The van der Waals surface area contributed by atoms with Gasteiger partial charge in [0.05, 0.1) is 24.5 Å². The molecule has 4 aliphatic heterocycles. The Bertz CT molecular complexity index is 774. The van der Waals surface area contributed by atoms with E-state index in [4.69, 9.17) is 4.74 Å². The summed E-state index contributed by atoms with van der Waals surface area (Å²) in [6, 6.07) is 3.95. The van der Waals surface area contributed by atoms with Gasteiger partial charge in [0, 0.05) is 32.0 Å². The van der Waals surface area contributed by atoms with Gasteiger partial charge in [0.25, 0.3) is 0 Å². The average Bonchev–Trinajstić information content (AvgIpc) is 3.35. The lowest BCUT2D eigenvalue weighted by Gasteiger charge is -2.32. The minimum absolute atomic E-state index is 0.0752. The van der Waals surface area contributed by atoms with Crippen LogP contribution in [0.2, 0.25) is 0 Å². The number of hydrogen-bond acceptors (Lipinski definition) is 4. The zero-order valence-corrected chi connectivity index (χ0v) is 15.4. The van der Waals surface area contributed by atoms with E-state index in [1.165, 1.54) is 6.42 Å². The highest BCUT2D eigenvalue weighted by Gasteiger charge is 2.67. The van der Waals surface area contributed by atoms with Crippen molar-refractivity contribution in [1.82, 2.24) is 14.8 Å². The molecule has 0 aliphatic carbocycles. The summed E-state index contributed by atoms with van der Waals surface area (Å²) in [6.07, 6.45) is 11.4. The maximum Gasteiger partial charge on any atom is 0.230 e. The van der Waals surface area contributed by atoms with E-state index in [9.17, 15) is 9.59 Å². The lowest BCUT2D eigenvalue weighted by Crippen LogP contribution is -2.47. The van der Waals surface area contributed by atoms with Crippen molar-refractivity contribution in [3.63, 3.8) is 0 Å². The summed E-state index contributed by atoms with van der Waals surface area (Å²) in [5.41, 5.74) is 0.560. The van der Waals surface area contributed by atoms with Crippen LogP contribution in [0.1, 0.15) is 24.8 Å². The number of ether oxygens (including phenoxy) is 1. The topological polar surface area (TPSA) is 62.7 Å². The summed E-state index contributed by atoms with van der Waals surface area (Å²) in [6.45, 7) is 2.82. The highest BCUT2D eigenvalue weighted by Crippen LogP contribution is 2.52. The maximum absolute atomic E-state index is 13.2. The fraction of sp³-hybridized carbons (Fsp3) is 0.571. The van der Waals surface area contributed by atoms with Crippen LogP contribution in [-0.4, -0.2) is 64.5 Å². The van der Waals surface area contributed by atoms with Gasteiger partial charge in [-0.3, -0.25) is 14.6 Å². The van der Waals surface area contributed by atoms with Gasteiger partial charge in [-0.2, -0.15) is 0 Å². The van der Waals surface area contributed by atoms with Crippen molar-refractivity contribution in [3.05, 3.63) is 42.2 Å². The number of nitrogens with zero attached hydrogens (tertiary/aromatic N) is 3. The number of aromatic nitrogens is 1. The van der Waals surface area contributed by atoms with E-state index in [1.807, 2.05) is 34.1 Å². The molecule has 27 heavy (non-hydrogen) atoms. The first kappa shape index (κ1) is 16.9. The van der Waals surface area contributed by atoms with E-state index >= 15 is 0 Å². The summed E-state index contributed by atoms with van der Waals surface area (Å²) < 4.78 is 6.23. The molecular weight excluding hydrogens is 342 g/mol. The first-order valence-electron chi connectivity index (χ1n) is 10.0. The molecule has 0 saturated carbocycles. The zero-order chi connectivity index (χ0) is 18.4. The Balaban J connectivity index is 1.33. The molecule has 2 bridgehead atoms. The fourth-order valence-electron chi connectivity index (χ4n) is 5.19. The van der Waals surface area contributed by atoms with Crippen LogP contribution in [0.15, 0.2) is 36.7 Å². The lowest BCUT2D eigenvalue weighted by atomic mass is 9.76. The number of rotatable bonds is 4. The normalized spacial score (nSPS) is 34.4. The fourth-order valence-corrected chi connectivity index (χ4v) is 5.19. The minimum Gasteiger partial charge on any atom is -0.360 e. The Morgan fingerprint density at radius 3 is 2.78 bits per heavy atom. The van der Waals surface area contributed by atoms with Gasteiger partial charge in [0.15, 0.2) is 0 Å². The molecule has 1 spiro atoms. The van der Waals surface area contributed by atoms with Crippen molar-refractivity contribution in [3.8, 4) is 0 Å². The van der Waals surface area contributed by atoms with E-state index in [0.717, 1.165) is 37.9 Å². The predicted molar refractivity (Wildman–Crippen MR) is 98.7 cm³/mol. The van der Waals surface area contributed by atoms with E-state index in [2.05, 4.69) is 4.98 Å². The summed E-state index contributed by atoms with van der Waals surface area (Å²) >= 11 is 0. The molecule has 5 heterocycles. The van der Waals surface area contributed by atoms with E-state index in [1.54, 1.807) is 12.4 Å². The minimum atomic E-state index is -0.601. The molecular formula is C21H25N3O3. The van der Waals surface area contributed by atoms with Crippen molar-refractivity contribution < 1.29 is 14.3 Å². The molecule has 1 aromatic rings. The molecule has 142 valence electrons. The van der Waals surface area contributed by atoms with Crippen LogP contribution in [0.3, 0.4) is 0 Å². The van der Waals surface area contributed by atoms with Gasteiger partial charge < -0.3 is 14.5 Å². The third-order valence-corrected chi connectivity index (χ3v) is 6.55. The van der Waals surface area contributed by atoms with Gasteiger partial charge in [-0.25, -0.2) is 0 Å². The molecule has 2 amide bonds. The summed E-state index contributed by atoms with van der Waals surface area (Å²) in [4.78, 5) is 34.3. The third kappa shape index (κ3) is 2.69. The Hall–Kier alpha value is -2.21. The number of fused-ring (bicyclic) bond motifs is 1. The highest BCUT2D eigenvalue weighted by atomic mass is 16.5. The molecule has 0 unspecified atom stereocenters. The average molecular weight is 367 g/mol. The number of likely N-dealkylation sites (tertiary alicyclic amines) is 2. The molecule has 0 N–H and O–H groups in total. The first-order chi connectivity index (χ1) is 13.2. The molecule has 3 saturated heterocycles. The maximum atomic E-state index is 13.2. The van der Waals surface area contributed by atoms with Crippen LogP contribution >= 0.6 is 0 Å². The number of hydrogen-bond donors (Lipinski definition) is 0. The molecule has 1 aromatic heterocycles. The third-order valence-electron chi connectivity index (χ3n) is 6.55. The Morgan fingerprint density at radius 2 is 2.00 bits per heavy atom. The monoisotopic (exact) mass is 367 g/mol. The molecule has 6 heteroatoms. The Morgan fingerprint density at radius 1 is 1.22 bits per heavy atom. The van der Waals surface area contributed by atoms with Crippen molar-refractivity contribution in [2.75, 3.05) is 26.2 Å². The van der Waals surface area contributed by atoms with Gasteiger partial charge in [-0.1, -0.05) is 12.2 Å². The van der Waals surface area contributed by atoms with Crippen LogP contribution in [0, 0.1) is 11.8 Å². The van der Waals surface area contributed by atoms with Crippen LogP contribution in [0.25, 0.3) is 0 Å². The molecule has 0 aromatic carbocycles. The van der Waals surface area contributed by atoms with E-state index in [-0.39, 0.29) is 29.8 Å². The number of carbonyl (C=O) groups is 2. The van der Waals surface area contributed by atoms with Crippen LogP contribution in [0.4, 0.5) is 0 Å². The molecule has 5 rings (SSSR count). The summed E-state index contributed by atoms with van der Waals surface area (Å²) in [7, 11) is 0. The molecule has 4 atom stereocenters. The molecule has 4 aliphatic rings. The second-order valence-corrected chi connectivity index (χ2v) is 8.15.